The van der Waals surface area contributed by atoms with Crippen molar-refractivity contribution in [3.63, 3.8) is 0 Å². The van der Waals surface area contributed by atoms with E-state index in [2.05, 4.69) is 4.98 Å². The molecule has 0 fully saturated rings. The highest BCUT2D eigenvalue weighted by Crippen LogP contribution is 2.27. The van der Waals surface area contributed by atoms with Crippen molar-refractivity contribution >= 4 is 29.2 Å². The van der Waals surface area contributed by atoms with Gasteiger partial charge in [-0.05, 0) is 12.1 Å². The van der Waals surface area contributed by atoms with Crippen LogP contribution in [0.2, 0.25) is 5.02 Å². The zero-order valence-electron chi connectivity index (χ0n) is 7.81. The van der Waals surface area contributed by atoms with E-state index in [0.29, 0.717) is 22.9 Å². The van der Waals surface area contributed by atoms with E-state index in [4.69, 9.17) is 16.3 Å². The lowest BCUT2D eigenvalue weighted by Gasteiger charge is -2.01. The summed E-state index contributed by atoms with van der Waals surface area (Å²) >= 11 is 6.76. The van der Waals surface area contributed by atoms with E-state index in [1.807, 2.05) is 0 Å². The van der Waals surface area contributed by atoms with Crippen molar-refractivity contribution in [1.29, 1.82) is 0 Å². The van der Waals surface area contributed by atoms with E-state index in [-0.39, 0.29) is 5.02 Å². The van der Waals surface area contributed by atoms with Gasteiger partial charge in [-0.2, -0.15) is 4.98 Å². The molecule has 0 aliphatic carbocycles. The summed E-state index contributed by atoms with van der Waals surface area (Å²) in [5, 5.41) is 1.85. The zero-order chi connectivity index (χ0) is 11.5. The number of benzene rings is 1. The SMILES string of the molecule is O=Cc1csc(Oc2ccc(F)c(Cl)c2)n1. The Balaban J connectivity index is 2.20. The monoisotopic (exact) mass is 257 g/mol. The number of aldehydes is 1. The molecule has 0 amide bonds. The van der Waals surface area contributed by atoms with Crippen LogP contribution in [0.4, 0.5) is 4.39 Å². The van der Waals surface area contributed by atoms with Gasteiger partial charge in [0.25, 0.3) is 5.19 Å². The molecule has 0 spiro atoms. The number of hydrogen-bond acceptors (Lipinski definition) is 4. The first-order valence-corrected chi connectivity index (χ1v) is 5.48. The highest BCUT2D eigenvalue weighted by atomic mass is 35.5. The molecule has 0 aliphatic heterocycles. The predicted molar refractivity (Wildman–Crippen MR) is 59.0 cm³/mol. The second-order valence-corrected chi connectivity index (χ2v) is 4.06. The average molecular weight is 258 g/mol. The molecule has 0 atom stereocenters. The number of halogens is 2. The molecule has 0 aliphatic rings. The summed E-state index contributed by atoms with van der Waals surface area (Å²) < 4.78 is 18.1. The molecule has 1 aromatic heterocycles. The van der Waals surface area contributed by atoms with Crippen molar-refractivity contribution < 1.29 is 13.9 Å². The molecule has 0 bridgehead atoms. The first-order chi connectivity index (χ1) is 7.69. The van der Waals surface area contributed by atoms with Crippen LogP contribution in [-0.4, -0.2) is 11.3 Å². The first kappa shape index (κ1) is 11.0. The molecule has 3 nitrogen and oxygen atoms in total. The van der Waals surface area contributed by atoms with Crippen LogP contribution in [0.15, 0.2) is 23.6 Å². The molecule has 6 heteroatoms. The quantitative estimate of drug-likeness (QED) is 0.790. The number of ether oxygens (including phenoxy) is 1. The van der Waals surface area contributed by atoms with Gasteiger partial charge in [0, 0.05) is 11.4 Å². The highest BCUT2D eigenvalue weighted by Gasteiger charge is 2.06. The third kappa shape index (κ3) is 2.37. The van der Waals surface area contributed by atoms with Gasteiger partial charge in [0.2, 0.25) is 0 Å². The van der Waals surface area contributed by atoms with Crippen molar-refractivity contribution in [1.82, 2.24) is 4.98 Å². The van der Waals surface area contributed by atoms with E-state index in [9.17, 15) is 9.18 Å². The minimum atomic E-state index is -0.512. The average Bonchev–Trinajstić information content (AvgIpc) is 2.71. The Morgan fingerprint density at radius 1 is 1.50 bits per heavy atom. The van der Waals surface area contributed by atoms with E-state index in [1.54, 1.807) is 5.38 Å². The normalized spacial score (nSPS) is 10.1. The van der Waals surface area contributed by atoms with Gasteiger partial charge < -0.3 is 4.74 Å². The number of carbonyl (C=O) groups excluding carboxylic acids is 1. The van der Waals surface area contributed by atoms with Crippen molar-refractivity contribution in [2.24, 2.45) is 0 Å². The lowest BCUT2D eigenvalue weighted by atomic mass is 10.3. The minimum absolute atomic E-state index is 0.0235. The number of rotatable bonds is 3. The Morgan fingerprint density at radius 2 is 2.31 bits per heavy atom. The topological polar surface area (TPSA) is 39.2 Å². The van der Waals surface area contributed by atoms with Gasteiger partial charge in [-0.3, -0.25) is 4.79 Å². The molecule has 1 aromatic carbocycles. The Kier molecular flexibility index (Phi) is 3.17. The van der Waals surface area contributed by atoms with E-state index < -0.39 is 5.82 Å². The summed E-state index contributed by atoms with van der Waals surface area (Å²) in [5.41, 5.74) is 0.299. The molecule has 0 radical (unpaired) electrons. The third-order valence-corrected chi connectivity index (χ3v) is 2.74. The second-order valence-electron chi connectivity index (χ2n) is 2.83. The Labute approximate surface area is 99.5 Å². The van der Waals surface area contributed by atoms with Crippen LogP contribution in [0, 0.1) is 5.82 Å². The summed E-state index contributed by atoms with van der Waals surface area (Å²) in [6.07, 6.45) is 0.626. The third-order valence-electron chi connectivity index (χ3n) is 1.72. The van der Waals surface area contributed by atoms with Crippen LogP contribution >= 0.6 is 22.9 Å². The van der Waals surface area contributed by atoms with Crippen LogP contribution < -0.4 is 4.74 Å². The van der Waals surface area contributed by atoms with Crippen molar-refractivity contribution in [3.8, 4) is 10.9 Å². The molecule has 0 unspecified atom stereocenters. The van der Waals surface area contributed by atoms with Gasteiger partial charge in [-0.1, -0.05) is 22.9 Å². The molecule has 1 heterocycles. The van der Waals surface area contributed by atoms with Gasteiger partial charge in [0.15, 0.2) is 6.29 Å². The lowest BCUT2D eigenvalue weighted by molar-refractivity contribution is 0.111. The Hall–Kier alpha value is -1.46. The molecular weight excluding hydrogens is 253 g/mol. The van der Waals surface area contributed by atoms with Crippen LogP contribution in [0.1, 0.15) is 10.5 Å². The van der Waals surface area contributed by atoms with Crippen LogP contribution in [-0.2, 0) is 0 Å². The molecular formula is C10H5ClFNO2S. The molecule has 0 N–H and O–H groups in total. The fourth-order valence-electron chi connectivity index (χ4n) is 1.01. The standard InChI is InChI=1S/C10H5ClFNO2S/c11-8-3-7(1-2-9(8)12)15-10-13-6(4-14)5-16-10/h1-5H. The maximum Gasteiger partial charge on any atom is 0.279 e. The van der Waals surface area contributed by atoms with Crippen molar-refractivity contribution in [2.45, 2.75) is 0 Å². The number of carbonyl (C=O) groups is 1. The van der Waals surface area contributed by atoms with Gasteiger partial charge >= 0.3 is 0 Å². The van der Waals surface area contributed by atoms with Gasteiger partial charge in [-0.25, -0.2) is 4.39 Å². The number of nitrogens with zero attached hydrogens (tertiary/aromatic N) is 1. The summed E-state index contributed by atoms with van der Waals surface area (Å²) in [5.74, 6) is -0.139. The predicted octanol–water partition coefficient (Wildman–Crippen LogP) is 3.54. The number of hydrogen-bond donors (Lipinski definition) is 0. The maximum atomic E-state index is 12.8. The van der Waals surface area contributed by atoms with Crippen molar-refractivity contribution in [2.75, 3.05) is 0 Å². The van der Waals surface area contributed by atoms with Crippen LogP contribution in [0.25, 0.3) is 0 Å². The maximum absolute atomic E-state index is 12.8. The minimum Gasteiger partial charge on any atom is -0.431 e. The van der Waals surface area contributed by atoms with Crippen LogP contribution in [0.5, 0.6) is 10.9 Å². The van der Waals surface area contributed by atoms with E-state index in [1.165, 1.54) is 29.5 Å². The lowest BCUT2D eigenvalue weighted by Crippen LogP contribution is -1.86. The van der Waals surface area contributed by atoms with Gasteiger partial charge in [0.05, 0.1) is 5.02 Å². The van der Waals surface area contributed by atoms with Crippen LogP contribution in [0.3, 0.4) is 0 Å². The molecule has 2 rings (SSSR count). The molecule has 0 saturated heterocycles. The zero-order valence-corrected chi connectivity index (χ0v) is 9.39. The Bertz CT molecular complexity index is 529. The summed E-state index contributed by atoms with van der Waals surface area (Å²) in [6.45, 7) is 0. The van der Waals surface area contributed by atoms with Crippen molar-refractivity contribution in [3.05, 3.63) is 40.1 Å². The summed E-state index contributed by atoms with van der Waals surface area (Å²) in [4.78, 5) is 14.3. The first-order valence-electron chi connectivity index (χ1n) is 4.22. The number of aromatic nitrogens is 1. The summed E-state index contributed by atoms with van der Waals surface area (Å²) in [7, 11) is 0. The highest BCUT2D eigenvalue weighted by molar-refractivity contribution is 7.11. The summed E-state index contributed by atoms with van der Waals surface area (Å²) in [6, 6.07) is 3.98. The molecule has 16 heavy (non-hydrogen) atoms. The Morgan fingerprint density at radius 3 is 2.94 bits per heavy atom. The number of thiazole rings is 1. The van der Waals surface area contributed by atoms with E-state index >= 15 is 0 Å². The van der Waals surface area contributed by atoms with Gasteiger partial charge in [0.1, 0.15) is 17.3 Å². The smallest absolute Gasteiger partial charge is 0.279 e. The largest absolute Gasteiger partial charge is 0.431 e. The second kappa shape index (κ2) is 4.59. The van der Waals surface area contributed by atoms with E-state index in [0.717, 1.165) is 0 Å². The van der Waals surface area contributed by atoms with Gasteiger partial charge in [-0.15, -0.1) is 0 Å². The fourth-order valence-corrected chi connectivity index (χ4v) is 1.81. The molecule has 82 valence electrons. The molecule has 2 aromatic rings. The fraction of sp³-hybridized carbons (Fsp3) is 0. The molecule has 0 saturated carbocycles.